The molecule has 96 valence electrons. The zero-order valence-electron chi connectivity index (χ0n) is 10.4. The van der Waals surface area contributed by atoms with E-state index in [1.807, 2.05) is 17.7 Å². The van der Waals surface area contributed by atoms with E-state index in [0.717, 1.165) is 27.9 Å². The smallest absolute Gasteiger partial charge is 0.268 e. The fraction of sp³-hybridized carbons (Fsp3) is 0.417. The molecule has 5 nitrogen and oxygen atoms in total. The Morgan fingerprint density at radius 1 is 1.28 bits per heavy atom. The molecule has 0 amide bonds. The van der Waals surface area contributed by atoms with E-state index in [2.05, 4.69) is 39.7 Å². The standard InChI is InChI=1S/C12H15IN4O/c1-3-10-6-11(16(4-2)15-10)8-17-12(18)5-9(13)7-14-17/h5-7H,3-4,8H2,1-2H3. The summed E-state index contributed by atoms with van der Waals surface area (Å²) in [4.78, 5) is 11.8. The van der Waals surface area contributed by atoms with Crippen LogP contribution >= 0.6 is 22.6 Å². The molecule has 2 aromatic heterocycles. The number of hydrogen-bond acceptors (Lipinski definition) is 3. The van der Waals surface area contributed by atoms with E-state index >= 15 is 0 Å². The van der Waals surface area contributed by atoms with Crippen molar-refractivity contribution >= 4 is 22.6 Å². The van der Waals surface area contributed by atoms with Gasteiger partial charge in [0.15, 0.2) is 0 Å². The molecule has 0 aliphatic carbocycles. The topological polar surface area (TPSA) is 52.7 Å². The van der Waals surface area contributed by atoms with Crippen LogP contribution in [0.25, 0.3) is 0 Å². The Bertz CT molecular complexity index is 602. The second-order valence-electron chi connectivity index (χ2n) is 3.97. The summed E-state index contributed by atoms with van der Waals surface area (Å²) < 4.78 is 4.24. The lowest BCUT2D eigenvalue weighted by molar-refractivity contribution is 0.557. The van der Waals surface area contributed by atoms with E-state index in [0.29, 0.717) is 6.54 Å². The first-order chi connectivity index (χ1) is 8.63. The van der Waals surface area contributed by atoms with Crippen LogP contribution in [0.1, 0.15) is 25.2 Å². The van der Waals surface area contributed by atoms with Crippen molar-refractivity contribution in [2.45, 2.75) is 33.4 Å². The lowest BCUT2D eigenvalue weighted by Gasteiger charge is -2.06. The van der Waals surface area contributed by atoms with Crippen LogP contribution in [0.2, 0.25) is 0 Å². The van der Waals surface area contributed by atoms with Crippen molar-refractivity contribution in [3.05, 3.63) is 43.6 Å². The predicted molar refractivity (Wildman–Crippen MR) is 77.6 cm³/mol. The molecule has 0 aliphatic rings. The minimum atomic E-state index is -0.0798. The molecule has 0 unspecified atom stereocenters. The summed E-state index contributed by atoms with van der Waals surface area (Å²) >= 11 is 2.08. The fourth-order valence-corrected chi connectivity index (χ4v) is 2.16. The van der Waals surface area contributed by atoms with Gasteiger partial charge in [-0.15, -0.1) is 0 Å². The molecule has 0 atom stereocenters. The fourth-order valence-electron chi connectivity index (χ4n) is 1.77. The molecule has 0 radical (unpaired) electrons. The largest absolute Gasteiger partial charge is 0.268 e. The van der Waals surface area contributed by atoms with Crippen LogP contribution < -0.4 is 5.56 Å². The van der Waals surface area contributed by atoms with Crippen molar-refractivity contribution in [2.75, 3.05) is 0 Å². The second kappa shape index (κ2) is 5.64. The monoisotopic (exact) mass is 358 g/mol. The van der Waals surface area contributed by atoms with Gasteiger partial charge < -0.3 is 0 Å². The van der Waals surface area contributed by atoms with Crippen LogP contribution in [0.4, 0.5) is 0 Å². The Hall–Kier alpha value is -1.18. The Labute approximate surface area is 119 Å². The molecule has 0 bridgehead atoms. The lowest BCUT2D eigenvalue weighted by atomic mass is 10.3. The van der Waals surface area contributed by atoms with Crippen molar-refractivity contribution in [1.29, 1.82) is 0 Å². The third-order valence-corrected chi connectivity index (χ3v) is 3.31. The van der Waals surface area contributed by atoms with Gasteiger partial charge in [0, 0.05) is 16.2 Å². The third-order valence-electron chi connectivity index (χ3n) is 2.72. The van der Waals surface area contributed by atoms with Crippen LogP contribution in [-0.2, 0) is 19.5 Å². The SMILES string of the molecule is CCc1cc(Cn2ncc(I)cc2=O)n(CC)n1. The normalized spacial score (nSPS) is 10.8. The maximum Gasteiger partial charge on any atom is 0.268 e. The molecule has 0 aliphatic heterocycles. The van der Waals surface area contributed by atoms with E-state index in [4.69, 9.17) is 0 Å². The highest BCUT2D eigenvalue weighted by atomic mass is 127. The van der Waals surface area contributed by atoms with E-state index < -0.39 is 0 Å². The number of hydrogen-bond donors (Lipinski definition) is 0. The first kappa shape index (κ1) is 13.3. The van der Waals surface area contributed by atoms with Crippen molar-refractivity contribution in [2.24, 2.45) is 0 Å². The van der Waals surface area contributed by atoms with Gasteiger partial charge in [-0.25, -0.2) is 4.68 Å². The van der Waals surface area contributed by atoms with Crippen LogP contribution in [0.3, 0.4) is 0 Å². The zero-order valence-corrected chi connectivity index (χ0v) is 12.6. The Morgan fingerprint density at radius 2 is 2.06 bits per heavy atom. The molecule has 2 aromatic rings. The average Bonchev–Trinajstić information content (AvgIpc) is 2.75. The quantitative estimate of drug-likeness (QED) is 0.782. The number of aromatic nitrogens is 4. The van der Waals surface area contributed by atoms with Gasteiger partial charge in [0.2, 0.25) is 0 Å². The number of rotatable bonds is 4. The van der Waals surface area contributed by atoms with Crippen LogP contribution in [0, 0.1) is 3.57 Å². The molecule has 0 fully saturated rings. The van der Waals surface area contributed by atoms with E-state index in [1.54, 1.807) is 12.3 Å². The summed E-state index contributed by atoms with van der Waals surface area (Å²) in [7, 11) is 0. The molecule has 0 N–H and O–H groups in total. The molecule has 2 heterocycles. The number of aryl methyl sites for hydroxylation is 2. The summed E-state index contributed by atoms with van der Waals surface area (Å²) in [6.45, 7) is 5.38. The average molecular weight is 358 g/mol. The molecular weight excluding hydrogens is 343 g/mol. The van der Waals surface area contributed by atoms with Gasteiger partial charge in [-0.1, -0.05) is 6.92 Å². The third kappa shape index (κ3) is 2.80. The van der Waals surface area contributed by atoms with E-state index in [-0.39, 0.29) is 5.56 Å². The van der Waals surface area contributed by atoms with Gasteiger partial charge >= 0.3 is 0 Å². The van der Waals surface area contributed by atoms with Crippen molar-refractivity contribution in [3.63, 3.8) is 0 Å². The molecule has 18 heavy (non-hydrogen) atoms. The molecule has 6 heteroatoms. The van der Waals surface area contributed by atoms with Gasteiger partial charge in [-0.3, -0.25) is 9.48 Å². The predicted octanol–water partition coefficient (Wildman–Crippen LogP) is 1.67. The molecule has 0 saturated heterocycles. The van der Waals surface area contributed by atoms with Gasteiger partial charge in [-0.2, -0.15) is 10.2 Å². The Balaban J connectivity index is 2.33. The summed E-state index contributed by atoms with van der Waals surface area (Å²) in [6.07, 6.45) is 2.59. The van der Waals surface area contributed by atoms with Crippen LogP contribution in [0.5, 0.6) is 0 Å². The molecule has 0 spiro atoms. The maximum absolute atomic E-state index is 11.8. The molecule has 0 saturated carbocycles. The lowest BCUT2D eigenvalue weighted by Crippen LogP contribution is -2.24. The first-order valence-electron chi connectivity index (χ1n) is 5.92. The second-order valence-corrected chi connectivity index (χ2v) is 5.21. The van der Waals surface area contributed by atoms with Crippen LogP contribution in [-0.4, -0.2) is 19.6 Å². The number of halogens is 1. The maximum atomic E-state index is 11.8. The molecule has 0 aromatic carbocycles. The Kier molecular flexibility index (Phi) is 4.15. The summed E-state index contributed by atoms with van der Waals surface area (Å²) in [5.41, 5.74) is 1.99. The van der Waals surface area contributed by atoms with Gasteiger partial charge in [0.05, 0.1) is 24.1 Å². The highest BCUT2D eigenvalue weighted by Gasteiger charge is 2.08. The highest BCUT2D eigenvalue weighted by Crippen LogP contribution is 2.06. The molecular formula is C12H15IN4O. The summed E-state index contributed by atoms with van der Waals surface area (Å²) in [5, 5.41) is 8.60. The van der Waals surface area contributed by atoms with Crippen LogP contribution in [0.15, 0.2) is 23.1 Å². The highest BCUT2D eigenvalue weighted by molar-refractivity contribution is 14.1. The summed E-state index contributed by atoms with van der Waals surface area (Å²) in [6, 6.07) is 3.62. The minimum Gasteiger partial charge on any atom is -0.268 e. The number of nitrogens with zero attached hydrogens (tertiary/aromatic N) is 4. The summed E-state index contributed by atoms with van der Waals surface area (Å²) in [5.74, 6) is 0. The minimum absolute atomic E-state index is 0.0798. The van der Waals surface area contributed by atoms with Gasteiger partial charge in [-0.05, 0) is 42.0 Å². The van der Waals surface area contributed by atoms with E-state index in [1.165, 1.54) is 4.68 Å². The van der Waals surface area contributed by atoms with Crippen molar-refractivity contribution in [1.82, 2.24) is 19.6 Å². The van der Waals surface area contributed by atoms with Gasteiger partial charge in [0.25, 0.3) is 5.56 Å². The molecule has 2 rings (SSSR count). The van der Waals surface area contributed by atoms with E-state index in [9.17, 15) is 4.79 Å². The van der Waals surface area contributed by atoms with Crippen molar-refractivity contribution < 1.29 is 0 Å². The Morgan fingerprint density at radius 3 is 2.67 bits per heavy atom. The van der Waals surface area contributed by atoms with Gasteiger partial charge in [0.1, 0.15) is 0 Å². The van der Waals surface area contributed by atoms with Crippen molar-refractivity contribution in [3.8, 4) is 0 Å². The first-order valence-corrected chi connectivity index (χ1v) is 7.00. The zero-order chi connectivity index (χ0) is 13.1.